The van der Waals surface area contributed by atoms with Crippen molar-refractivity contribution in [3.05, 3.63) is 89.1 Å². The van der Waals surface area contributed by atoms with Gasteiger partial charge in [0.1, 0.15) is 22.7 Å². The van der Waals surface area contributed by atoms with Crippen molar-refractivity contribution in [1.29, 1.82) is 5.26 Å². The molecule has 37 heavy (non-hydrogen) atoms. The van der Waals surface area contributed by atoms with Gasteiger partial charge in [-0.1, -0.05) is 60.1 Å². The summed E-state index contributed by atoms with van der Waals surface area (Å²) in [6.45, 7) is 3.94. The highest BCUT2D eigenvalue weighted by molar-refractivity contribution is 8.00. The van der Waals surface area contributed by atoms with E-state index >= 15 is 0 Å². The predicted octanol–water partition coefficient (Wildman–Crippen LogP) is 7.16. The lowest BCUT2D eigenvalue weighted by Gasteiger charge is -2.17. The van der Waals surface area contributed by atoms with Crippen LogP contribution in [0, 0.1) is 18.3 Å². The number of rotatable bonds is 8. The van der Waals surface area contributed by atoms with Gasteiger partial charge in [-0.15, -0.1) is 0 Å². The van der Waals surface area contributed by atoms with E-state index < -0.39 is 5.25 Å². The molecule has 6 nitrogen and oxygen atoms in total. The molecule has 0 fully saturated rings. The van der Waals surface area contributed by atoms with Gasteiger partial charge >= 0.3 is 0 Å². The zero-order valence-electron chi connectivity index (χ0n) is 20.7. The second-order valence-corrected chi connectivity index (χ2v) is 9.94. The fraction of sp³-hybridized carbons (Fsp3) is 0.172. The number of amides is 1. The van der Waals surface area contributed by atoms with Crippen LogP contribution in [-0.2, 0) is 4.79 Å². The summed E-state index contributed by atoms with van der Waals surface area (Å²) >= 11 is 7.18. The Morgan fingerprint density at radius 3 is 2.41 bits per heavy atom. The Hall–Kier alpha value is -3.86. The van der Waals surface area contributed by atoms with Gasteiger partial charge in [-0.2, -0.15) is 5.26 Å². The normalized spacial score (nSPS) is 11.4. The maximum atomic E-state index is 13.1. The SMILES string of the molecule is CCC(Sc1nc(-c2ccc(OC)cc2)cc(-c2ccc(C)cc2)c1C#N)C(=O)Nc1ccc(Cl)cn1. The summed E-state index contributed by atoms with van der Waals surface area (Å²) in [7, 11) is 1.62. The fourth-order valence-corrected chi connectivity index (χ4v) is 4.84. The van der Waals surface area contributed by atoms with Crippen molar-refractivity contribution in [2.45, 2.75) is 30.5 Å². The van der Waals surface area contributed by atoms with Gasteiger partial charge in [-0.3, -0.25) is 4.79 Å². The first kappa shape index (κ1) is 26.2. The van der Waals surface area contributed by atoms with Gasteiger partial charge in [-0.05, 0) is 61.4 Å². The first-order chi connectivity index (χ1) is 17.9. The molecule has 4 aromatic rings. The number of pyridine rings is 2. The Morgan fingerprint density at radius 2 is 1.81 bits per heavy atom. The number of aryl methyl sites for hydroxylation is 1. The molecule has 0 radical (unpaired) electrons. The van der Waals surface area contributed by atoms with Crippen LogP contribution in [-0.4, -0.2) is 28.2 Å². The number of hydrogen-bond donors (Lipinski definition) is 1. The van der Waals surface area contributed by atoms with Crippen molar-refractivity contribution in [3.8, 4) is 34.2 Å². The Morgan fingerprint density at radius 1 is 1.11 bits per heavy atom. The molecular formula is C29H25ClN4O2S. The third kappa shape index (κ3) is 6.29. The van der Waals surface area contributed by atoms with E-state index in [0.29, 0.717) is 33.5 Å². The Labute approximate surface area is 225 Å². The van der Waals surface area contributed by atoms with Crippen LogP contribution >= 0.6 is 23.4 Å². The molecule has 8 heteroatoms. The van der Waals surface area contributed by atoms with Gasteiger partial charge < -0.3 is 10.1 Å². The molecule has 1 atom stereocenters. The molecule has 1 unspecified atom stereocenters. The van der Waals surface area contributed by atoms with Gasteiger partial charge in [-0.25, -0.2) is 9.97 Å². The highest BCUT2D eigenvalue weighted by Crippen LogP contribution is 2.37. The number of aromatic nitrogens is 2. The summed E-state index contributed by atoms with van der Waals surface area (Å²) < 4.78 is 5.29. The van der Waals surface area contributed by atoms with Crippen LogP contribution in [0.3, 0.4) is 0 Å². The molecule has 0 aliphatic heterocycles. The maximum Gasteiger partial charge on any atom is 0.239 e. The van der Waals surface area contributed by atoms with E-state index in [1.165, 1.54) is 18.0 Å². The van der Waals surface area contributed by atoms with Gasteiger partial charge in [0.25, 0.3) is 0 Å². The topological polar surface area (TPSA) is 87.9 Å². The number of carbonyl (C=O) groups excluding carboxylic acids is 1. The number of nitriles is 1. The zero-order valence-corrected chi connectivity index (χ0v) is 22.2. The summed E-state index contributed by atoms with van der Waals surface area (Å²) in [6.07, 6.45) is 2.01. The number of thioether (sulfide) groups is 1. The molecule has 0 aliphatic carbocycles. The van der Waals surface area contributed by atoms with E-state index in [0.717, 1.165) is 28.0 Å². The van der Waals surface area contributed by atoms with E-state index in [1.807, 2.05) is 68.4 Å². The number of halogens is 1. The predicted molar refractivity (Wildman–Crippen MR) is 149 cm³/mol. The third-order valence-electron chi connectivity index (χ3n) is 5.74. The maximum absolute atomic E-state index is 13.1. The molecule has 2 heterocycles. The van der Waals surface area contributed by atoms with Gasteiger partial charge in [0.2, 0.25) is 5.91 Å². The second-order valence-electron chi connectivity index (χ2n) is 8.31. The van der Waals surface area contributed by atoms with Crippen LogP contribution in [0.1, 0.15) is 24.5 Å². The average Bonchev–Trinajstić information content (AvgIpc) is 2.92. The number of methoxy groups -OCH3 is 1. The van der Waals surface area contributed by atoms with Crippen LogP contribution < -0.4 is 10.1 Å². The largest absolute Gasteiger partial charge is 0.497 e. The fourth-order valence-electron chi connectivity index (χ4n) is 3.70. The quantitative estimate of drug-likeness (QED) is 0.244. The smallest absolute Gasteiger partial charge is 0.239 e. The van der Waals surface area contributed by atoms with Crippen molar-refractivity contribution in [3.63, 3.8) is 0 Å². The number of nitrogens with zero attached hydrogens (tertiary/aromatic N) is 3. The molecule has 0 aliphatic rings. The average molecular weight is 529 g/mol. The molecule has 0 saturated heterocycles. The van der Waals surface area contributed by atoms with E-state index in [9.17, 15) is 10.1 Å². The Balaban J connectivity index is 1.76. The summed E-state index contributed by atoms with van der Waals surface area (Å²) in [5, 5.41) is 13.5. The summed E-state index contributed by atoms with van der Waals surface area (Å²) in [5.74, 6) is 0.929. The monoisotopic (exact) mass is 528 g/mol. The first-order valence-electron chi connectivity index (χ1n) is 11.7. The lowest BCUT2D eigenvalue weighted by Crippen LogP contribution is -2.25. The summed E-state index contributed by atoms with van der Waals surface area (Å²) in [4.78, 5) is 22.1. The van der Waals surface area contributed by atoms with Crippen molar-refractivity contribution in [2.75, 3.05) is 12.4 Å². The Kier molecular flexibility index (Phi) is 8.44. The molecule has 186 valence electrons. The van der Waals surface area contributed by atoms with E-state index in [-0.39, 0.29) is 5.91 Å². The van der Waals surface area contributed by atoms with Crippen molar-refractivity contribution < 1.29 is 9.53 Å². The summed E-state index contributed by atoms with van der Waals surface area (Å²) in [6, 6.07) is 23.2. The molecule has 1 N–H and O–H groups in total. The van der Waals surface area contributed by atoms with E-state index in [2.05, 4.69) is 16.4 Å². The molecule has 4 rings (SSSR count). The standard InChI is InChI=1S/C29H25ClN4O2S/c1-4-26(28(35)34-27-14-11-21(30)17-32-27)37-29-24(16-31)23(19-7-5-18(2)6-8-19)15-25(33-29)20-9-12-22(36-3)13-10-20/h5-15,17,26H,4H2,1-3H3,(H,32,34,35). The molecule has 2 aromatic heterocycles. The molecule has 0 spiro atoms. The third-order valence-corrected chi connectivity index (χ3v) is 7.32. The highest BCUT2D eigenvalue weighted by atomic mass is 35.5. The van der Waals surface area contributed by atoms with Crippen molar-refractivity contribution in [2.24, 2.45) is 0 Å². The van der Waals surface area contributed by atoms with Gasteiger partial charge in [0, 0.05) is 17.3 Å². The zero-order chi connectivity index (χ0) is 26.4. The van der Waals surface area contributed by atoms with Crippen molar-refractivity contribution in [1.82, 2.24) is 9.97 Å². The molecule has 1 amide bonds. The number of ether oxygens (including phenoxy) is 1. The number of hydrogen-bond acceptors (Lipinski definition) is 6. The van der Waals surface area contributed by atoms with Crippen LogP contribution in [0.4, 0.5) is 5.82 Å². The second kappa shape index (κ2) is 11.9. The number of anilines is 1. The van der Waals surface area contributed by atoms with Crippen LogP contribution in [0.5, 0.6) is 5.75 Å². The number of nitrogens with one attached hydrogen (secondary N) is 1. The number of benzene rings is 2. The number of carbonyl (C=O) groups is 1. The van der Waals surface area contributed by atoms with Gasteiger partial charge in [0.05, 0.1) is 28.6 Å². The van der Waals surface area contributed by atoms with Gasteiger partial charge in [0.15, 0.2) is 0 Å². The molecular weight excluding hydrogens is 504 g/mol. The van der Waals surface area contributed by atoms with E-state index in [4.69, 9.17) is 21.3 Å². The van der Waals surface area contributed by atoms with E-state index in [1.54, 1.807) is 19.2 Å². The van der Waals surface area contributed by atoms with Crippen LogP contribution in [0.25, 0.3) is 22.4 Å². The molecule has 0 bridgehead atoms. The lowest BCUT2D eigenvalue weighted by molar-refractivity contribution is -0.115. The minimum absolute atomic E-state index is 0.222. The minimum Gasteiger partial charge on any atom is -0.497 e. The van der Waals surface area contributed by atoms with Crippen LogP contribution in [0.2, 0.25) is 5.02 Å². The summed E-state index contributed by atoms with van der Waals surface area (Å²) in [5.41, 5.74) is 4.81. The lowest BCUT2D eigenvalue weighted by atomic mass is 9.98. The highest BCUT2D eigenvalue weighted by Gasteiger charge is 2.24. The first-order valence-corrected chi connectivity index (χ1v) is 12.9. The Bertz CT molecular complexity index is 1430. The minimum atomic E-state index is -0.492. The van der Waals surface area contributed by atoms with Crippen molar-refractivity contribution >= 4 is 35.1 Å². The molecule has 0 saturated carbocycles. The van der Waals surface area contributed by atoms with Crippen LogP contribution in [0.15, 0.2) is 78.0 Å². The molecule has 2 aromatic carbocycles.